The third-order valence-electron chi connectivity index (χ3n) is 5.38. The number of hydrogen-bond acceptors (Lipinski definition) is 7. The summed E-state index contributed by atoms with van der Waals surface area (Å²) in [5, 5.41) is 15.6. The van der Waals surface area contributed by atoms with Gasteiger partial charge in [-0.2, -0.15) is 4.98 Å². The number of ether oxygens (including phenoxy) is 1. The molecular formula is C28H30N4O5. The maximum atomic E-state index is 9.55. The van der Waals surface area contributed by atoms with Gasteiger partial charge >= 0.3 is 11.9 Å². The Morgan fingerprint density at radius 1 is 0.946 bits per heavy atom. The van der Waals surface area contributed by atoms with Gasteiger partial charge in [0.2, 0.25) is 5.88 Å². The fourth-order valence-corrected chi connectivity index (χ4v) is 3.76. The van der Waals surface area contributed by atoms with Gasteiger partial charge in [0.25, 0.3) is 0 Å². The summed E-state index contributed by atoms with van der Waals surface area (Å²) in [7, 11) is 5.85. The van der Waals surface area contributed by atoms with Crippen molar-refractivity contribution in [1.82, 2.24) is 9.88 Å². The molecule has 0 saturated heterocycles. The highest BCUT2D eigenvalue weighted by Gasteiger charge is 2.25. The third kappa shape index (κ3) is 7.49. The SMILES string of the molecule is COc1ccc2c(n1)N(CCCN(C)C)c1ccccc1C(c1ccccc1)=N2.O=C(O)/C=C/C(=O)O. The molecule has 0 atom stereocenters. The van der Waals surface area contributed by atoms with Gasteiger partial charge in [0.15, 0.2) is 5.82 Å². The van der Waals surface area contributed by atoms with Crippen LogP contribution in [-0.2, 0) is 9.59 Å². The zero-order valence-electron chi connectivity index (χ0n) is 21.0. The largest absolute Gasteiger partial charge is 0.481 e. The van der Waals surface area contributed by atoms with Gasteiger partial charge in [-0.05, 0) is 39.2 Å². The van der Waals surface area contributed by atoms with Crippen LogP contribution >= 0.6 is 0 Å². The summed E-state index contributed by atoms with van der Waals surface area (Å²) in [5.74, 6) is -1.08. The van der Waals surface area contributed by atoms with Crippen molar-refractivity contribution in [3.63, 3.8) is 0 Å². The second-order valence-electron chi connectivity index (χ2n) is 8.36. The van der Waals surface area contributed by atoms with Crippen molar-refractivity contribution in [1.29, 1.82) is 0 Å². The van der Waals surface area contributed by atoms with Crippen molar-refractivity contribution in [2.24, 2.45) is 4.99 Å². The summed E-state index contributed by atoms with van der Waals surface area (Å²) in [5.41, 5.74) is 5.14. The number of pyridine rings is 1. The molecule has 9 heteroatoms. The first kappa shape index (κ1) is 27.1. The summed E-state index contributed by atoms with van der Waals surface area (Å²) in [6.45, 7) is 1.85. The number of para-hydroxylation sites is 1. The predicted octanol–water partition coefficient (Wildman–Crippen LogP) is 4.37. The van der Waals surface area contributed by atoms with Gasteiger partial charge in [-0.3, -0.25) is 0 Å². The van der Waals surface area contributed by atoms with E-state index in [9.17, 15) is 9.59 Å². The van der Waals surface area contributed by atoms with E-state index in [4.69, 9.17) is 24.9 Å². The first-order valence-corrected chi connectivity index (χ1v) is 11.6. The van der Waals surface area contributed by atoms with Gasteiger partial charge in [-0.1, -0.05) is 48.5 Å². The monoisotopic (exact) mass is 502 g/mol. The molecule has 1 aromatic heterocycles. The molecule has 37 heavy (non-hydrogen) atoms. The summed E-state index contributed by atoms with van der Waals surface area (Å²) in [6, 6.07) is 22.6. The molecule has 9 nitrogen and oxygen atoms in total. The van der Waals surface area contributed by atoms with Crippen LogP contribution in [0.15, 0.2) is 83.9 Å². The van der Waals surface area contributed by atoms with Crippen LogP contribution < -0.4 is 9.64 Å². The molecule has 0 amide bonds. The Hall–Kier alpha value is -4.50. The van der Waals surface area contributed by atoms with Crippen molar-refractivity contribution in [2.45, 2.75) is 6.42 Å². The van der Waals surface area contributed by atoms with Crippen molar-refractivity contribution in [3.8, 4) is 5.88 Å². The number of carboxylic acids is 2. The normalized spacial score (nSPS) is 12.1. The number of carbonyl (C=O) groups is 2. The lowest BCUT2D eigenvalue weighted by Gasteiger charge is -2.26. The Labute approximate surface area is 216 Å². The maximum Gasteiger partial charge on any atom is 0.328 e. The fourth-order valence-electron chi connectivity index (χ4n) is 3.76. The minimum Gasteiger partial charge on any atom is -0.481 e. The second kappa shape index (κ2) is 13.0. The number of methoxy groups -OCH3 is 1. The van der Waals surface area contributed by atoms with Gasteiger partial charge in [0, 0.05) is 35.9 Å². The minimum absolute atomic E-state index is 0.558. The van der Waals surface area contributed by atoms with Gasteiger partial charge in [-0.25, -0.2) is 14.6 Å². The molecule has 0 aliphatic carbocycles. The summed E-state index contributed by atoms with van der Waals surface area (Å²) in [4.78, 5) is 33.4. The van der Waals surface area contributed by atoms with Crippen LogP contribution in [-0.4, -0.2) is 72.0 Å². The minimum atomic E-state index is -1.26. The fraction of sp³-hybridized carbons (Fsp3) is 0.214. The Bertz CT molecular complexity index is 1270. The van der Waals surface area contributed by atoms with Crippen LogP contribution in [0.25, 0.3) is 0 Å². The lowest BCUT2D eigenvalue weighted by Crippen LogP contribution is -2.24. The molecule has 2 heterocycles. The van der Waals surface area contributed by atoms with Crippen molar-refractivity contribution < 1.29 is 24.5 Å². The molecule has 0 radical (unpaired) electrons. The number of hydrogen-bond donors (Lipinski definition) is 2. The van der Waals surface area contributed by atoms with Crippen molar-refractivity contribution >= 4 is 34.8 Å². The molecule has 0 bridgehead atoms. The first-order valence-electron chi connectivity index (χ1n) is 11.6. The predicted molar refractivity (Wildman–Crippen MR) is 144 cm³/mol. The van der Waals surface area contributed by atoms with Crippen LogP contribution in [0.2, 0.25) is 0 Å². The topological polar surface area (TPSA) is 116 Å². The van der Waals surface area contributed by atoms with E-state index in [1.807, 2.05) is 30.3 Å². The molecule has 2 N–H and O–H groups in total. The molecule has 2 aromatic carbocycles. The summed E-state index contributed by atoms with van der Waals surface area (Å²) >= 11 is 0. The van der Waals surface area contributed by atoms with E-state index in [0.29, 0.717) is 18.0 Å². The van der Waals surface area contributed by atoms with Gasteiger partial charge in [0.05, 0.1) is 18.5 Å². The molecule has 4 rings (SSSR count). The number of aromatic nitrogens is 1. The molecule has 0 fully saturated rings. The van der Waals surface area contributed by atoms with E-state index in [-0.39, 0.29) is 0 Å². The molecule has 1 aliphatic heterocycles. The number of aliphatic carboxylic acids is 2. The summed E-state index contributed by atoms with van der Waals surface area (Å²) < 4.78 is 5.42. The molecule has 1 aliphatic rings. The lowest BCUT2D eigenvalue weighted by molar-refractivity contribution is -0.134. The Balaban J connectivity index is 0.000000414. The van der Waals surface area contributed by atoms with Crippen molar-refractivity contribution in [2.75, 3.05) is 39.2 Å². The zero-order valence-corrected chi connectivity index (χ0v) is 21.0. The standard InChI is InChI=1S/C24H26N4O.C4H4O4/c1-27(2)16-9-17-28-21-13-8-7-12-19(21)23(18-10-5-4-6-11-18)25-20-14-15-22(29-3)26-24(20)28;5-3(6)1-2-4(7)8/h4-8,10-15H,9,16-17H2,1-3H3;1-2H,(H,5,6)(H,7,8)/b;2-1+. The van der Waals surface area contributed by atoms with E-state index < -0.39 is 11.9 Å². The molecule has 0 spiro atoms. The Morgan fingerprint density at radius 3 is 2.22 bits per heavy atom. The number of benzene rings is 2. The molecule has 192 valence electrons. The molecular weight excluding hydrogens is 472 g/mol. The molecule has 0 unspecified atom stereocenters. The van der Waals surface area contributed by atoms with Crippen LogP contribution in [0.4, 0.5) is 17.2 Å². The zero-order chi connectivity index (χ0) is 26.8. The van der Waals surface area contributed by atoms with Gasteiger partial charge < -0.3 is 24.7 Å². The van der Waals surface area contributed by atoms with Crippen molar-refractivity contribution in [3.05, 3.63) is 90.0 Å². The molecule has 3 aromatic rings. The van der Waals surface area contributed by atoms with E-state index in [1.165, 1.54) is 0 Å². The number of rotatable bonds is 8. The van der Waals surface area contributed by atoms with Gasteiger partial charge in [0.1, 0.15) is 5.69 Å². The van der Waals surface area contributed by atoms with Crippen LogP contribution in [0.1, 0.15) is 17.5 Å². The number of nitrogens with zero attached hydrogens (tertiary/aromatic N) is 4. The number of fused-ring (bicyclic) bond motifs is 2. The van der Waals surface area contributed by atoms with Gasteiger partial charge in [-0.15, -0.1) is 0 Å². The number of anilines is 2. The van der Waals surface area contributed by atoms with E-state index in [0.717, 1.165) is 53.5 Å². The highest BCUT2D eigenvalue weighted by molar-refractivity contribution is 6.18. The second-order valence-corrected chi connectivity index (χ2v) is 8.36. The van der Waals surface area contributed by atoms with E-state index in [1.54, 1.807) is 7.11 Å². The highest BCUT2D eigenvalue weighted by Crippen LogP contribution is 2.40. The highest BCUT2D eigenvalue weighted by atomic mass is 16.5. The Morgan fingerprint density at radius 2 is 1.59 bits per heavy atom. The quantitative estimate of drug-likeness (QED) is 0.436. The smallest absolute Gasteiger partial charge is 0.328 e. The van der Waals surface area contributed by atoms with E-state index >= 15 is 0 Å². The number of carboxylic acid groups (broad SMARTS) is 2. The van der Waals surface area contributed by atoms with Crippen LogP contribution in [0, 0.1) is 0 Å². The summed E-state index contributed by atoms with van der Waals surface area (Å²) in [6.07, 6.45) is 2.13. The average molecular weight is 503 g/mol. The Kier molecular flexibility index (Phi) is 9.51. The lowest BCUT2D eigenvalue weighted by atomic mass is 10.00. The number of aliphatic imine (C=N–C) groups is 1. The van der Waals surface area contributed by atoms with E-state index in [2.05, 4.69) is 60.3 Å². The first-order chi connectivity index (χ1) is 17.8. The van der Waals surface area contributed by atoms with Crippen LogP contribution in [0.3, 0.4) is 0 Å². The third-order valence-corrected chi connectivity index (χ3v) is 5.38. The average Bonchev–Trinajstić information content (AvgIpc) is 3.02. The maximum absolute atomic E-state index is 9.55. The molecule has 0 saturated carbocycles. The van der Waals surface area contributed by atoms with Crippen LogP contribution in [0.5, 0.6) is 5.88 Å².